The van der Waals surface area contributed by atoms with Crippen molar-refractivity contribution < 1.29 is 21.0 Å². The van der Waals surface area contributed by atoms with Gasteiger partial charge in [-0.3, -0.25) is 0 Å². The van der Waals surface area contributed by atoms with Crippen molar-refractivity contribution in [3.8, 4) is 0 Å². The van der Waals surface area contributed by atoms with Crippen LogP contribution in [0.25, 0.3) is 0 Å². The molecular weight excluding hydrogens is 824 g/mol. The summed E-state index contributed by atoms with van der Waals surface area (Å²) in [6.07, 6.45) is 0. The fourth-order valence-corrected chi connectivity index (χ4v) is 14.0. The van der Waals surface area contributed by atoms with Crippen LogP contribution in [0.15, 0.2) is 0 Å². The van der Waals surface area contributed by atoms with Crippen LogP contribution in [0.1, 0.15) is 138 Å². The van der Waals surface area contributed by atoms with E-state index in [0.717, 1.165) is 76.5 Å². The molecule has 0 aromatic heterocycles. The third-order valence-corrected chi connectivity index (χ3v) is 23.4. The van der Waals surface area contributed by atoms with Crippen molar-refractivity contribution >= 4 is 126 Å². The molecule has 0 rings (SSSR count). The van der Waals surface area contributed by atoms with Gasteiger partial charge in [-0.2, -0.15) is 0 Å². The van der Waals surface area contributed by atoms with E-state index in [1.807, 2.05) is 0 Å². The molecule has 0 aromatic rings. The minimum absolute atomic E-state index is 0. The van der Waals surface area contributed by atoms with Crippen molar-refractivity contribution in [3.63, 3.8) is 0 Å². The van der Waals surface area contributed by atoms with Crippen LogP contribution in [0.3, 0.4) is 0 Å². The van der Waals surface area contributed by atoms with Gasteiger partial charge in [0.25, 0.3) is 0 Å². The summed E-state index contributed by atoms with van der Waals surface area (Å²) in [5.41, 5.74) is 0. The Balaban J connectivity index is -0.0000000499. The maximum atomic E-state index is 8.19. The van der Waals surface area contributed by atoms with Gasteiger partial charge in [-0.15, -0.1) is 49.6 Å². The quantitative estimate of drug-likeness (QED) is 0.111. The molecule has 0 bridgehead atoms. The Hall–Kier alpha value is 4.21. The zero-order valence-corrected chi connectivity index (χ0v) is 50.6. The summed E-state index contributed by atoms with van der Waals surface area (Å²) in [6, 6.07) is 0. The molecule has 0 aliphatic rings. The van der Waals surface area contributed by atoms with E-state index in [1.165, 1.54) is 52.8 Å². The first-order chi connectivity index (χ1) is 21.6. The fourth-order valence-electron chi connectivity index (χ4n) is 4.67. The van der Waals surface area contributed by atoms with E-state index in [4.69, 9.17) is 3.67 Å². The molecule has 313 valence electrons. The van der Waals surface area contributed by atoms with Crippen molar-refractivity contribution in [1.29, 1.82) is 0 Å². The first-order valence-electron chi connectivity index (χ1n) is 20.8. The summed E-state index contributed by atoms with van der Waals surface area (Å²) in [5, 5.41) is 15.4. The summed E-state index contributed by atoms with van der Waals surface area (Å²) in [6.45, 7) is 46.5. The predicted molar refractivity (Wildman–Crippen MR) is 262 cm³/mol. The molecule has 0 atom stereocenters. The molecule has 51 heavy (non-hydrogen) atoms. The Kier molecular flexibility index (Phi) is 98.6. The molecule has 0 radical (unpaired) electrons. The van der Waals surface area contributed by atoms with Gasteiger partial charge in [0.15, 0.2) is 0 Å². The van der Waals surface area contributed by atoms with E-state index < -0.39 is 0 Å². The van der Waals surface area contributed by atoms with Crippen molar-refractivity contribution in [3.05, 3.63) is 0 Å². The van der Waals surface area contributed by atoms with Crippen LogP contribution in [0.2, 0.25) is 52.8 Å². The maximum absolute atomic E-state index is 8.19. The second-order valence-corrected chi connectivity index (χ2v) is 27.9. The Bertz CT molecular complexity index is 400. The van der Waals surface area contributed by atoms with Crippen LogP contribution >= 0.6 is 49.6 Å². The zero-order valence-electron chi connectivity index (χ0n) is 38.9. The van der Waals surface area contributed by atoms with Gasteiger partial charge in [0.1, 0.15) is 0 Å². The van der Waals surface area contributed by atoms with Crippen LogP contribution < -0.4 is 0 Å². The fraction of sp³-hybridized carbons (Fsp3) is 1.00. The molecule has 0 saturated heterocycles. The van der Waals surface area contributed by atoms with Crippen LogP contribution in [0.4, 0.5) is 0 Å². The zero-order chi connectivity index (χ0) is 38.4. The summed E-state index contributed by atoms with van der Waals surface area (Å²) >= 11 is 2.64. The Morgan fingerprint density at radius 1 is 0.235 bits per heavy atom. The van der Waals surface area contributed by atoms with Gasteiger partial charge in [0, 0.05) is 0 Å². The van der Waals surface area contributed by atoms with E-state index >= 15 is 0 Å². The second-order valence-electron chi connectivity index (χ2n) is 18.6. The van der Waals surface area contributed by atoms with Crippen molar-refractivity contribution in [2.45, 2.75) is 191 Å². The molecule has 0 fully saturated rings. The van der Waals surface area contributed by atoms with Gasteiger partial charge < -0.3 is 0 Å². The van der Waals surface area contributed by atoms with Gasteiger partial charge >= 0.3 is 21.0 Å². The topological polar surface area (TPSA) is 17.1 Å². The van der Waals surface area contributed by atoms with E-state index in [1.54, 1.807) is 0 Å². The standard InChI is InChI=1S/10C4H9.5Al.4ClH.O.V.5H/c10*1-4(2)3;;;;;;;;;;;;;;;;/h10*4H,1H2,2-3H3;;;;;;4*1H;;;;;;;. The third-order valence-electron chi connectivity index (χ3n) is 7.81. The average Bonchev–Trinajstić information content (AvgIpc) is 2.89. The Labute approximate surface area is 392 Å². The molecule has 0 N–H and O–H groups in total. The molecule has 0 spiro atoms. The molecule has 0 heterocycles. The van der Waals surface area contributed by atoms with Crippen LogP contribution in [-0.2, 0) is 21.0 Å². The van der Waals surface area contributed by atoms with Crippen LogP contribution in [0, 0.1) is 59.2 Å². The van der Waals surface area contributed by atoms with Crippen molar-refractivity contribution in [2.24, 2.45) is 59.2 Å². The molecular formula is C40H99Al5Cl4OV. The van der Waals surface area contributed by atoms with Gasteiger partial charge in [0.05, 0.1) is 0 Å². The van der Waals surface area contributed by atoms with E-state index in [-0.39, 0.29) is 49.6 Å². The molecule has 0 unspecified atom stereocenters. The molecule has 1 nitrogen and oxygen atoms in total. The van der Waals surface area contributed by atoms with Crippen molar-refractivity contribution in [2.75, 3.05) is 0 Å². The van der Waals surface area contributed by atoms with Crippen LogP contribution in [0.5, 0.6) is 0 Å². The third kappa shape index (κ3) is 126. The summed E-state index contributed by atoms with van der Waals surface area (Å²) < 4.78 is 8.19. The average molecular weight is 924 g/mol. The number of hydrogen-bond donors (Lipinski definition) is 0. The Morgan fingerprint density at radius 2 is 0.294 bits per heavy atom. The van der Waals surface area contributed by atoms with Gasteiger partial charge in [-0.25, -0.2) is 0 Å². The number of rotatable bonds is 20. The van der Waals surface area contributed by atoms with Gasteiger partial charge in [-0.1, -0.05) is 250 Å². The first-order valence-corrected chi connectivity index (χ1v) is 31.4. The first kappa shape index (κ1) is 79.4. The predicted octanol–water partition coefficient (Wildman–Crippen LogP) is 14.4. The van der Waals surface area contributed by atoms with Crippen molar-refractivity contribution in [1.82, 2.24) is 0 Å². The molecule has 0 aromatic carbocycles. The molecule has 0 aliphatic heterocycles. The monoisotopic (exact) mass is 921 g/mol. The van der Waals surface area contributed by atoms with E-state index in [0.29, 0.717) is 76.1 Å². The summed E-state index contributed by atoms with van der Waals surface area (Å²) in [5.74, 6) is 9.54. The van der Waals surface area contributed by atoms with Crippen LogP contribution in [-0.4, -0.2) is 76.1 Å². The molecule has 0 amide bonds. The van der Waals surface area contributed by atoms with E-state index in [9.17, 15) is 0 Å². The number of hydrogen-bond acceptors (Lipinski definition) is 1. The Morgan fingerprint density at radius 3 is 0.333 bits per heavy atom. The molecule has 0 saturated carbocycles. The van der Waals surface area contributed by atoms with E-state index in [2.05, 4.69) is 138 Å². The normalized spacial score (nSPS) is 9.67. The van der Waals surface area contributed by atoms with Gasteiger partial charge in [0.2, 0.25) is 76.1 Å². The number of halogens is 4. The SMILES string of the molecule is CC(C)[CH2][AlH][CH2]C(C)C.CC(C)[CH2][AlH][CH2]C(C)C.CC(C)[CH2][AlH][CH2]C(C)C.CC(C)[CH2][AlH][CH2]C(C)C.CC(C)[CH2][AlH][CH2]C(C)C.Cl.Cl.Cl.Cl.[O]=[V]. The second kappa shape index (κ2) is 63.4. The molecule has 0 aliphatic carbocycles. The summed E-state index contributed by atoms with van der Waals surface area (Å²) in [4.78, 5) is 0. The van der Waals surface area contributed by atoms with Gasteiger partial charge in [-0.05, 0) is 0 Å². The molecule has 11 heteroatoms. The summed E-state index contributed by atoms with van der Waals surface area (Å²) in [7, 11) is 0. The minimum atomic E-state index is 0.